The number of rotatable bonds is 1. The molecule has 0 saturated carbocycles. The zero-order chi connectivity index (χ0) is 15.8. The number of aromatic nitrogens is 1. The standard InChI is InChI=1S/C19H19N3O/c1-21-12-15-10-11-22(13-14-6-5-9-17(21)18(14)15)19(23)20-16-7-3-2-4-8-16/h2-9,12H,10-11,13H2,1H3,(H,20,23). The lowest BCUT2D eigenvalue weighted by Gasteiger charge is -2.21. The molecule has 0 aliphatic carbocycles. The van der Waals surface area contributed by atoms with E-state index < -0.39 is 0 Å². The Kier molecular flexibility index (Phi) is 3.30. The van der Waals surface area contributed by atoms with Crippen molar-refractivity contribution in [1.29, 1.82) is 0 Å². The first-order chi connectivity index (χ1) is 11.2. The summed E-state index contributed by atoms with van der Waals surface area (Å²) in [6.45, 7) is 1.37. The third-order valence-corrected chi connectivity index (χ3v) is 4.50. The topological polar surface area (TPSA) is 37.3 Å². The molecule has 4 nitrogen and oxygen atoms in total. The molecule has 0 atom stereocenters. The number of hydrogen-bond donors (Lipinski definition) is 1. The van der Waals surface area contributed by atoms with Crippen molar-refractivity contribution in [3.05, 3.63) is 65.9 Å². The van der Waals surface area contributed by atoms with Gasteiger partial charge in [0.1, 0.15) is 0 Å². The maximum absolute atomic E-state index is 12.6. The molecule has 0 radical (unpaired) electrons. The second-order valence-corrected chi connectivity index (χ2v) is 6.04. The van der Waals surface area contributed by atoms with Crippen LogP contribution in [0.15, 0.2) is 54.7 Å². The fourth-order valence-corrected chi connectivity index (χ4v) is 3.38. The Morgan fingerprint density at radius 1 is 1.04 bits per heavy atom. The third kappa shape index (κ3) is 2.46. The molecule has 1 aliphatic heterocycles. The molecule has 1 aliphatic rings. The molecule has 4 rings (SSSR count). The Labute approximate surface area is 135 Å². The van der Waals surface area contributed by atoms with Gasteiger partial charge < -0.3 is 14.8 Å². The van der Waals surface area contributed by atoms with Gasteiger partial charge in [0, 0.05) is 42.9 Å². The molecule has 0 saturated heterocycles. The number of amides is 2. The molecule has 2 aromatic carbocycles. The van der Waals surface area contributed by atoms with Crippen molar-refractivity contribution in [3.8, 4) is 0 Å². The van der Waals surface area contributed by atoms with Crippen molar-refractivity contribution >= 4 is 22.6 Å². The van der Waals surface area contributed by atoms with E-state index >= 15 is 0 Å². The average molecular weight is 305 g/mol. The lowest BCUT2D eigenvalue weighted by molar-refractivity contribution is 0.210. The summed E-state index contributed by atoms with van der Waals surface area (Å²) >= 11 is 0. The second-order valence-electron chi connectivity index (χ2n) is 6.04. The zero-order valence-electron chi connectivity index (χ0n) is 13.1. The van der Waals surface area contributed by atoms with Crippen LogP contribution < -0.4 is 5.32 Å². The van der Waals surface area contributed by atoms with Gasteiger partial charge in [0.05, 0.1) is 0 Å². The molecule has 4 heteroatoms. The van der Waals surface area contributed by atoms with Crippen molar-refractivity contribution in [2.75, 3.05) is 11.9 Å². The number of anilines is 1. The zero-order valence-corrected chi connectivity index (χ0v) is 13.1. The number of nitrogens with one attached hydrogen (secondary N) is 1. The second kappa shape index (κ2) is 5.47. The Morgan fingerprint density at radius 3 is 2.70 bits per heavy atom. The van der Waals surface area contributed by atoms with Crippen LogP contribution in [0.4, 0.5) is 10.5 Å². The van der Waals surface area contributed by atoms with E-state index in [4.69, 9.17) is 0 Å². The minimum absolute atomic E-state index is 0.0391. The molecule has 0 bridgehead atoms. The lowest BCUT2D eigenvalue weighted by atomic mass is 10.1. The van der Waals surface area contributed by atoms with E-state index in [-0.39, 0.29) is 6.03 Å². The molecule has 116 valence electrons. The Balaban J connectivity index is 1.62. The number of hydrogen-bond acceptors (Lipinski definition) is 1. The molecule has 0 spiro atoms. The molecule has 3 aromatic rings. The Bertz CT molecular complexity index is 867. The van der Waals surface area contributed by atoms with Crippen LogP contribution in [0, 0.1) is 0 Å². The van der Waals surface area contributed by atoms with Crippen LogP contribution in [0.25, 0.3) is 10.9 Å². The van der Waals surface area contributed by atoms with Crippen molar-refractivity contribution in [3.63, 3.8) is 0 Å². The van der Waals surface area contributed by atoms with Gasteiger partial charge in [-0.3, -0.25) is 0 Å². The van der Waals surface area contributed by atoms with Crippen molar-refractivity contribution in [2.45, 2.75) is 13.0 Å². The van der Waals surface area contributed by atoms with Gasteiger partial charge in [0.15, 0.2) is 0 Å². The molecular formula is C19H19N3O. The summed E-state index contributed by atoms with van der Waals surface area (Å²) in [5.41, 5.74) is 4.62. The molecule has 2 heterocycles. The number of carbonyl (C=O) groups is 1. The van der Waals surface area contributed by atoms with Gasteiger partial charge in [0.25, 0.3) is 0 Å². The quantitative estimate of drug-likeness (QED) is 0.730. The van der Waals surface area contributed by atoms with Gasteiger partial charge in [0.2, 0.25) is 0 Å². The summed E-state index contributed by atoms with van der Waals surface area (Å²) in [6, 6.07) is 15.9. The van der Waals surface area contributed by atoms with Crippen LogP contribution >= 0.6 is 0 Å². The minimum atomic E-state index is -0.0391. The van der Waals surface area contributed by atoms with Crippen LogP contribution in [0.1, 0.15) is 11.1 Å². The van der Waals surface area contributed by atoms with Crippen LogP contribution in [-0.4, -0.2) is 22.0 Å². The minimum Gasteiger partial charge on any atom is -0.350 e. The van der Waals surface area contributed by atoms with E-state index in [1.165, 1.54) is 22.0 Å². The highest BCUT2D eigenvalue weighted by molar-refractivity contribution is 5.91. The average Bonchev–Trinajstić information content (AvgIpc) is 2.77. The maximum atomic E-state index is 12.6. The smallest absolute Gasteiger partial charge is 0.322 e. The van der Waals surface area contributed by atoms with Crippen LogP contribution in [-0.2, 0) is 20.0 Å². The highest BCUT2D eigenvalue weighted by atomic mass is 16.2. The molecule has 0 unspecified atom stereocenters. The number of carbonyl (C=O) groups excluding carboxylic acids is 1. The summed E-state index contributed by atoms with van der Waals surface area (Å²) in [4.78, 5) is 14.5. The van der Waals surface area contributed by atoms with Crippen molar-refractivity contribution in [1.82, 2.24) is 9.47 Å². The predicted molar refractivity (Wildman–Crippen MR) is 92.5 cm³/mol. The summed E-state index contributed by atoms with van der Waals surface area (Å²) in [6.07, 6.45) is 3.07. The molecule has 2 amide bonds. The summed E-state index contributed by atoms with van der Waals surface area (Å²) < 4.78 is 2.17. The monoisotopic (exact) mass is 305 g/mol. The maximum Gasteiger partial charge on any atom is 0.322 e. The summed E-state index contributed by atoms with van der Waals surface area (Å²) in [5, 5.41) is 4.29. The van der Waals surface area contributed by atoms with Crippen molar-refractivity contribution < 1.29 is 4.79 Å². The SMILES string of the molecule is Cn1cc2c3c(cccc31)CN(C(=O)Nc1ccccc1)CC2. The van der Waals surface area contributed by atoms with E-state index in [0.29, 0.717) is 6.54 Å². The van der Waals surface area contributed by atoms with Crippen molar-refractivity contribution in [2.24, 2.45) is 7.05 Å². The molecule has 1 aromatic heterocycles. The molecule has 1 N–H and O–H groups in total. The number of nitrogens with zero attached hydrogens (tertiary/aromatic N) is 2. The normalized spacial score (nSPS) is 13.9. The van der Waals surface area contributed by atoms with Gasteiger partial charge in [-0.1, -0.05) is 30.3 Å². The van der Waals surface area contributed by atoms with Gasteiger partial charge in [-0.25, -0.2) is 4.79 Å². The number of aryl methyl sites for hydroxylation is 1. The van der Waals surface area contributed by atoms with Crippen LogP contribution in [0.3, 0.4) is 0 Å². The predicted octanol–water partition coefficient (Wildman–Crippen LogP) is 3.77. The molecule has 23 heavy (non-hydrogen) atoms. The lowest BCUT2D eigenvalue weighted by Crippen LogP contribution is -2.35. The van der Waals surface area contributed by atoms with Gasteiger partial charge in [-0.15, -0.1) is 0 Å². The molecule has 0 fully saturated rings. The Morgan fingerprint density at radius 2 is 1.87 bits per heavy atom. The highest BCUT2D eigenvalue weighted by Crippen LogP contribution is 2.29. The van der Waals surface area contributed by atoms with E-state index in [1.54, 1.807) is 0 Å². The third-order valence-electron chi connectivity index (χ3n) is 4.50. The van der Waals surface area contributed by atoms with E-state index in [9.17, 15) is 4.79 Å². The number of para-hydroxylation sites is 1. The van der Waals surface area contributed by atoms with E-state index in [0.717, 1.165) is 18.7 Å². The van der Waals surface area contributed by atoms with E-state index in [1.807, 2.05) is 35.2 Å². The van der Waals surface area contributed by atoms with Crippen LogP contribution in [0.2, 0.25) is 0 Å². The van der Waals surface area contributed by atoms with Crippen LogP contribution in [0.5, 0.6) is 0 Å². The highest BCUT2D eigenvalue weighted by Gasteiger charge is 2.21. The Hall–Kier alpha value is -2.75. The number of urea groups is 1. The number of benzene rings is 2. The molecular weight excluding hydrogens is 286 g/mol. The van der Waals surface area contributed by atoms with Gasteiger partial charge >= 0.3 is 6.03 Å². The van der Waals surface area contributed by atoms with E-state index in [2.05, 4.69) is 41.3 Å². The first kappa shape index (κ1) is 13.9. The first-order valence-corrected chi connectivity index (χ1v) is 7.89. The largest absolute Gasteiger partial charge is 0.350 e. The fraction of sp³-hybridized carbons (Fsp3) is 0.211. The summed E-state index contributed by atoms with van der Waals surface area (Å²) in [5.74, 6) is 0. The fourth-order valence-electron chi connectivity index (χ4n) is 3.38. The van der Waals surface area contributed by atoms with Gasteiger partial charge in [-0.05, 0) is 35.7 Å². The summed E-state index contributed by atoms with van der Waals surface area (Å²) in [7, 11) is 2.08. The van der Waals surface area contributed by atoms with Gasteiger partial charge in [-0.2, -0.15) is 0 Å². The first-order valence-electron chi connectivity index (χ1n) is 7.89.